The molecule has 0 bridgehead atoms. The summed E-state index contributed by atoms with van der Waals surface area (Å²) in [7, 11) is 1.05. The summed E-state index contributed by atoms with van der Waals surface area (Å²) in [5.74, 6) is -3.56. The van der Waals surface area contributed by atoms with Gasteiger partial charge in [0, 0.05) is 18.6 Å². The smallest absolute Gasteiger partial charge is 0.464 e. The molecule has 0 saturated heterocycles. The Bertz CT molecular complexity index is 672. The number of benzene rings is 1. The van der Waals surface area contributed by atoms with E-state index in [1.54, 1.807) is 0 Å². The number of rotatable bonds is 5. The molecular weight excluding hydrogens is 321 g/mol. The van der Waals surface area contributed by atoms with Crippen LogP contribution in [0.25, 0.3) is 0 Å². The number of ketones is 1. The van der Waals surface area contributed by atoms with Crippen molar-refractivity contribution in [3.05, 3.63) is 17.9 Å². The second-order valence-corrected chi connectivity index (χ2v) is 4.29. The van der Waals surface area contributed by atoms with Gasteiger partial charge >= 0.3 is 12.3 Å². The number of methoxy groups -OCH3 is 1. The van der Waals surface area contributed by atoms with Crippen molar-refractivity contribution in [2.24, 2.45) is 5.10 Å². The molecule has 1 aromatic carbocycles. The van der Waals surface area contributed by atoms with Gasteiger partial charge in [-0.2, -0.15) is 5.10 Å². The molecule has 2 rings (SSSR count). The molecule has 0 aromatic heterocycles. The molecule has 0 spiro atoms. The largest absolute Gasteiger partial charge is 0.586 e. The highest BCUT2D eigenvalue weighted by Gasteiger charge is 2.44. The van der Waals surface area contributed by atoms with Gasteiger partial charge in [0.05, 0.1) is 12.8 Å². The Hall–Kier alpha value is -2.78. The third-order valence-corrected chi connectivity index (χ3v) is 2.74. The molecule has 0 aliphatic carbocycles. The van der Waals surface area contributed by atoms with Crippen molar-refractivity contribution in [3.8, 4) is 11.5 Å². The molecule has 0 amide bonds. The monoisotopic (exact) mass is 332 g/mol. The number of alkyl halides is 2. The van der Waals surface area contributed by atoms with Crippen LogP contribution in [0.2, 0.25) is 0 Å². The first-order valence-electron chi connectivity index (χ1n) is 6.32. The van der Waals surface area contributed by atoms with Gasteiger partial charge in [0.15, 0.2) is 23.1 Å². The molecule has 10 heteroatoms. The summed E-state index contributed by atoms with van der Waals surface area (Å²) in [5, 5.41) is 3.48. The number of halogens is 3. The lowest BCUT2D eigenvalue weighted by Gasteiger charge is -2.06. The van der Waals surface area contributed by atoms with Gasteiger partial charge in [0.1, 0.15) is 0 Å². The summed E-state index contributed by atoms with van der Waals surface area (Å²) in [5.41, 5.74) is 1.13. The molecule has 23 heavy (non-hydrogen) atoms. The van der Waals surface area contributed by atoms with E-state index >= 15 is 0 Å². The Labute approximate surface area is 128 Å². The molecule has 0 unspecified atom stereocenters. The molecule has 0 fully saturated rings. The van der Waals surface area contributed by atoms with Crippen LogP contribution in [0.15, 0.2) is 17.2 Å². The molecule has 0 atom stereocenters. The van der Waals surface area contributed by atoms with Crippen molar-refractivity contribution in [2.75, 3.05) is 12.5 Å². The summed E-state index contributed by atoms with van der Waals surface area (Å²) in [4.78, 5) is 23.0. The zero-order chi connectivity index (χ0) is 17.2. The minimum Gasteiger partial charge on any atom is -0.464 e. The van der Waals surface area contributed by atoms with E-state index in [1.807, 2.05) is 0 Å². The number of ether oxygens (including phenoxy) is 3. The average molecular weight is 332 g/mol. The van der Waals surface area contributed by atoms with Crippen LogP contribution < -0.4 is 14.9 Å². The Balaban J connectivity index is 2.28. The molecule has 0 saturated carbocycles. The lowest BCUT2D eigenvalue weighted by molar-refractivity contribution is -0.286. The zero-order valence-corrected chi connectivity index (χ0v) is 12.0. The zero-order valence-electron chi connectivity index (χ0n) is 12.0. The van der Waals surface area contributed by atoms with Gasteiger partial charge in [-0.3, -0.25) is 10.2 Å². The summed E-state index contributed by atoms with van der Waals surface area (Å²) in [6.07, 6.45) is -3.93. The van der Waals surface area contributed by atoms with Crippen molar-refractivity contribution in [1.29, 1.82) is 0 Å². The van der Waals surface area contributed by atoms with E-state index in [-0.39, 0.29) is 6.42 Å². The molecule has 1 N–H and O–H groups in total. The highest BCUT2D eigenvalue weighted by Crippen LogP contribution is 2.43. The Kier molecular flexibility index (Phi) is 4.43. The predicted molar refractivity (Wildman–Crippen MR) is 71.0 cm³/mol. The van der Waals surface area contributed by atoms with Gasteiger partial charge in [0.25, 0.3) is 0 Å². The summed E-state index contributed by atoms with van der Waals surface area (Å²) >= 11 is 0. The van der Waals surface area contributed by atoms with Gasteiger partial charge in [-0.05, 0) is 0 Å². The minimum atomic E-state index is -3.90. The molecule has 1 aliphatic heterocycles. The number of esters is 1. The number of carbonyl (C=O) groups excluding carboxylic acids is 2. The fourth-order valence-electron chi connectivity index (χ4n) is 1.66. The highest BCUT2D eigenvalue weighted by atomic mass is 19.3. The van der Waals surface area contributed by atoms with E-state index in [4.69, 9.17) is 0 Å². The maximum atomic E-state index is 13.8. The minimum absolute atomic E-state index is 0.0363. The predicted octanol–water partition coefficient (Wildman–Crippen LogP) is 2.07. The lowest BCUT2D eigenvalue weighted by atomic mass is 10.2. The topological polar surface area (TPSA) is 86.2 Å². The standard InChI is InChI=1S/C13H11F3N2O5/c1-3-8(19)11(12(20)21-2)18-17-7-5-10-9(4-6(7)14)22-13(15,16)23-10/h4-5,17H,3H2,1-2H3. The third kappa shape index (κ3) is 3.52. The Morgan fingerprint density at radius 3 is 2.48 bits per heavy atom. The molecule has 7 nitrogen and oxygen atoms in total. The van der Waals surface area contributed by atoms with Crippen molar-refractivity contribution < 1.29 is 37.0 Å². The first kappa shape index (κ1) is 16.6. The van der Waals surface area contributed by atoms with Crippen molar-refractivity contribution in [1.82, 2.24) is 0 Å². The number of nitrogens with zero attached hydrogens (tertiary/aromatic N) is 1. The van der Waals surface area contributed by atoms with Crippen molar-refractivity contribution >= 4 is 23.2 Å². The van der Waals surface area contributed by atoms with Crippen molar-refractivity contribution in [2.45, 2.75) is 19.6 Å². The van der Waals surface area contributed by atoms with Gasteiger partial charge in [-0.25, -0.2) is 9.18 Å². The number of anilines is 1. The molecule has 1 aliphatic rings. The van der Waals surface area contributed by atoms with Crippen LogP contribution in [0.5, 0.6) is 11.5 Å². The average Bonchev–Trinajstić information content (AvgIpc) is 2.79. The van der Waals surface area contributed by atoms with E-state index in [9.17, 15) is 22.8 Å². The van der Waals surface area contributed by atoms with E-state index in [0.717, 1.165) is 13.2 Å². The van der Waals surface area contributed by atoms with Gasteiger partial charge in [-0.1, -0.05) is 6.92 Å². The molecule has 1 aromatic rings. The van der Waals surface area contributed by atoms with Gasteiger partial charge < -0.3 is 14.2 Å². The second kappa shape index (κ2) is 6.15. The molecule has 1 heterocycles. The van der Waals surface area contributed by atoms with Crippen LogP contribution in [-0.2, 0) is 14.3 Å². The first-order valence-corrected chi connectivity index (χ1v) is 6.32. The fraction of sp³-hybridized carbons (Fsp3) is 0.308. The van der Waals surface area contributed by atoms with E-state index < -0.39 is 46.8 Å². The lowest BCUT2D eigenvalue weighted by Crippen LogP contribution is -2.26. The number of nitrogens with one attached hydrogen (secondary N) is 1. The highest BCUT2D eigenvalue weighted by molar-refractivity contribution is 6.64. The SMILES string of the molecule is CCC(=O)C(=NNc1cc2c(cc1F)OC(F)(F)O2)C(=O)OC. The number of carbonyl (C=O) groups is 2. The number of hydrazone groups is 1. The number of hydrogen-bond acceptors (Lipinski definition) is 7. The quantitative estimate of drug-likeness (QED) is 0.384. The third-order valence-electron chi connectivity index (χ3n) is 2.74. The van der Waals surface area contributed by atoms with Crippen LogP contribution in [0.4, 0.5) is 18.9 Å². The van der Waals surface area contributed by atoms with Crippen LogP contribution in [0.1, 0.15) is 13.3 Å². The Morgan fingerprint density at radius 2 is 1.91 bits per heavy atom. The van der Waals surface area contributed by atoms with Crippen LogP contribution >= 0.6 is 0 Å². The fourth-order valence-corrected chi connectivity index (χ4v) is 1.66. The molecule has 124 valence electrons. The molecular formula is C13H11F3N2O5. The first-order chi connectivity index (χ1) is 10.8. The van der Waals surface area contributed by atoms with E-state index in [0.29, 0.717) is 6.07 Å². The number of Topliss-reactive ketones (excluding diaryl/α,β-unsaturated/α-hetero) is 1. The van der Waals surface area contributed by atoms with E-state index in [1.165, 1.54) is 6.92 Å². The molecule has 0 radical (unpaired) electrons. The van der Waals surface area contributed by atoms with Crippen LogP contribution in [0, 0.1) is 5.82 Å². The number of hydrogen-bond donors (Lipinski definition) is 1. The maximum Gasteiger partial charge on any atom is 0.586 e. The number of fused-ring (bicyclic) bond motifs is 1. The Morgan fingerprint density at radius 1 is 1.30 bits per heavy atom. The summed E-state index contributed by atoms with van der Waals surface area (Å²) in [6.45, 7) is 1.49. The van der Waals surface area contributed by atoms with E-state index in [2.05, 4.69) is 24.7 Å². The van der Waals surface area contributed by atoms with Crippen LogP contribution in [0.3, 0.4) is 0 Å². The normalized spacial score (nSPS) is 15.3. The summed E-state index contributed by atoms with van der Waals surface area (Å²) < 4.78 is 52.2. The van der Waals surface area contributed by atoms with Gasteiger partial charge in [-0.15, -0.1) is 8.78 Å². The van der Waals surface area contributed by atoms with Crippen molar-refractivity contribution in [3.63, 3.8) is 0 Å². The second-order valence-electron chi connectivity index (χ2n) is 4.29. The maximum absolute atomic E-state index is 13.8. The van der Waals surface area contributed by atoms with Crippen LogP contribution in [-0.4, -0.2) is 30.9 Å². The van der Waals surface area contributed by atoms with Gasteiger partial charge in [0.2, 0.25) is 5.71 Å². The summed E-state index contributed by atoms with van der Waals surface area (Å²) in [6, 6.07) is 1.52.